The summed E-state index contributed by atoms with van der Waals surface area (Å²) in [5.41, 5.74) is 8.26. The molecule has 22 nitrogen and oxygen atoms in total. The number of hydrogen-bond acceptors (Lipinski definition) is 14. The van der Waals surface area contributed by atoms with Crippen LogP contribution in [-0.2, 0) is 120 Å². The first-order chi connectivity index (χ1) is 29.1. The summed E-state index contributed by atoms with van der Waals surface area (Å²) in [6.07, 6.45) is 0. The van der Waals surface area contributed by atoms with Gasteiger partial charge in [-0.2, -0.15) is 0 Å². The molecule has 25 heteroatoms. The molecular weight excluding hydrogens is 1070 g/mol. The third-order valence-electron chi connectivity index (χ3n) is 8.60. The number of fused-ring (bicyclic) bond motifs is 2. The zero-order valence-electron chi connectivity index (χ0n) is 41.2. The van der Waals surface area contributed by atoms with Gasteiger partial charge in [0.05, 0.1) is 35.2 Å². The Hall–Kier alpha value is -5.54. The van der Waals surface area contributed by atoms with E-state index < -0.39 is 23.9 Å². The van der Waals surface area contributed by atoms with Gasteiger partial charge in [0.25, 0.3) is 0 Å². The van der Waals surface area contributed by atoms with Crippen LogP contribution in [0.4, 0.5) is 0 Å². The van der Waals surface area contributed by atoms with E-state index in [0.29, 0.717) is 13.1 Å². The van der Waals surface area contributed by atoms with E-state index in [2.05, 4.69) is 44.9 Å². The number of carbonyl (C=O) groups is 4. The van der Waals surface area contributed by atoms with Crippen LogP contribution in [0.25, 0.3) is 22.1 Å². The second-order valence-corrected chi connectivity index (χ2v) is 13.9. The van der Waals surface area contributed by atoms with Gasteiger partial charge in [-0.3, -0.25) is 9.80 Å². The number of hydrogen-bond donors (Lipinski definition) is 0. The summed E-state index contributed by atoms with van der Waals surface area (Å²) < 4.78 is 4.26. The van der Waals surface area contributed by atoms with Crippen molar-refractivity contribution in [2.45, 2.75) is 81.6 Å². The summed E-state index contributed by atoms with van der Waals surface area (Å²) in [7, 11) is 4.09. The number of rotatable bonds is 10. The molecule has 0 fully saturated rings. The van der Waals surface area contributed by atoms with Crippen molar-refractivity contribution in [2.75, 3.05) is 13.1 Å². The number of aromatic nitrogens is 4. The Kier molecular flexibility index (Phi) is 53.4. The second kappa shape index (κ2) is 44.4. The van der Waals surface area contributed by atoms with Crippen molar-refractivity contribution in [2.24, 2.45) is 14.1 Å². The van der Waals surface area contributed by atoms with Crippen LogP contribution in [0, 0.1) is 13.8 Å². The largest absolute Gasteiger partial charge is 3.00 e. The van der Waals surface area contributed by atoms with E-state index in [4.69, 9.17) is 49.6 Å². The van der Waals surface area contributed by atoms with Crippen molar-refractivity contribution in [3.63, 3.8) is 0 Å². The quantitative estimate of drug-likeness (QED) is 0.0929. The molecule has 6 aromatic rings. The summed E-state index contributed by atoms with van der Waals surface area (Å²) in [6.45, 7) is 16.7. The van der Waals surface area contributed by atoms with E-state index in [1.54, 1.807) is 12.1 Å². The predicted octanol–water partition coefficient (Wildman–Crippen LogP) is -4.17. The minimum atomic E-state index is -1.08. The Morgan fingerprint density at radius 1 is 0.507 bits per heavy atom. The van der Waals surface area contributed by atoms with Gasteiger partial charge >= 0.3 is 49.5 Å². The number of carboxylic acids is 4. The van der Waals surface area contributed by atoms with Crippen LogP contribution >= 0.6 is 0 Å². The third kappa shape index (κ3) is 33.6. The molecule has 2 aromatic heterocycles. The number of para-hydroxylation sites is 4. The first-order valence-corrected chi connectivity index (χ1v) is 19.6. The molecular formula is C46H70N6Ni3O16+4. The molecule has 14 N–H and O–H groups in total. The van der Waals surface area contributed by atoms with Crippen molar-refractivity contribution in [3.8, 4) is 11.5 Å². The van der Waals surface area contributed by atoms with Crippen LogP contribution in [0.1, 0.15) is 75.4 Å². The number of carbonyl (C=O) groups excluding carboxylic acids is 4. The molecule has 0 aliphatic carbocycles. The smallest absolute Gasteiger partial charge is 0.872 e. The van der Waals surface area contributed by atoms with Gasteiger partial charge in [0, 0.05) is 51.1 Å². The maximum absolute atomic E-state index is 12.0. The molecule has 0 saturated heterocycles. The van der Waals surface area contributed by atoms with E-state index in [9.17, 15) is 10.2 Å². The maximum Gasteiger partial charge on any atom is 3.00 e. The number of nitrogens with zero attached hydrogens (tertiary/aromatic N) is 6. The number of benzene rings is 4. The van der Waals surface area contributed by atoms with E-state index in [1.807, 2.05) is 88.6 Å². The SMILES string of the molecule is CC(=O)[O-].CC(=O)[O-].CC(=O)[O-].CC(=O)[O-].CCN(Cc1cc(C)ccc1[O-])Cc1nc2ccccc2n1C.CCN(Cc1cc(C)ccc1[O-])Cc1nc2ccccc2n1C.O.O.O.O.[Ni+2].[Ni+3].[Ni+3].[OH3+].[OH3+]. The third-order valence-corrected chi connectivity index (χ3v) is 8.60. The molecule has 0 unspecified atom stereocenters. The molecule has 6 rings (SSSR count). The van der Waals surface area contributed by atoms with Crippen molar-refractivity contribution >= 4 is 45.9 Å². The normalized spacial score (nSPS) is 8.85. The Morgan fingerprint density at radius 2 is 0.761 bits per heavy atom. The number of aliphatic carboxylic acids is 4. The van der Waals surface area contributed by atoms with Crippen LogP contribution in [0.15, 0.2) is 84.9 Å². The van der Waals surface area contributed by atoms with Crippen molar-refractivity contribution in [3.05, 3.63) is 119 Å². The topological polar surface area (TPSA) is 441 Å². The minimum Gasteiger partial charge on any atom is -0.872 e. The zero-order chi connectivity index (χ0) is 47.1. The van der Waals surface area contributed by atoms with Crippen LogP contribution in [0.2, 0.25) is 0 Å². The molecule has 2 heterocycles. The predicted molar refractivity (Wildman–Crippen MR) is 249 cm³/mol. The fourth-order valence-corrected chi connectivity index (χ4v) is 5.78. The molecule has 0 atom stereocenters. The number of imidazole rings is 2. The van der Waals surface area contributed by atoms with Gasteiger partial charge in [-0.25, -0.2) is 9.97 Å². The molecule has 4 aromatic carbocycles. The first-order valence-electron chi connectivity index (χ1n) is 19.6. The summed E-state index contributed by atoms with van der Waals surface area (Å²) in [5, 5.41) is 59.6. The van der Waals surface area contributed by atoms with Crippen LogP contribution in [0.5, 0.6) is 11.5 Å². The standard InChI is InChI=1S/2C19H23N3O.4C2H4O2.3Ni.6H2O/c2*1-4-22(12-15-11-14(2)9-10-18(15)23)13-19-20-16-7-5-6-8-17(16)21(19)3;4*1-2(3)4;;;;;;;;;/h2*5-11,23H,4,12-13H2,1-3H3;4*1H3,(H,3,4);;;;6*1H2/q;;;;;;+2;2*+3;;;;;;/p-4. The average molecular weight is 1140 g/mol. The van der Waals surface area contributed by atoms with Gasteiger partial charge in [-0.1, -0.05) is 85.6 Å². The fraction of sp³-hybridized carbons (Fsp3) is 0.348. The Balaban J connectivity index is -0.000000108. The van der Waals surface area contributed by atoms with Crippen molar-refractivity contribution in [1.82, 2.24) is 28.9 Å². The van der Waals surface area contributed by atoms with Gasteiger partial charge in [-0.05, 0) is 90.0 Å². The second-order valence-electron chi connectivity index (χ2n) is 13.9. The Labute approximate surface area is 444 Å². The van der Waals surface area contributed by atoms with Crippen LogP contribution in [-0.4, -0.2) is 87.8 Å². The van der Waals surface area contributed by atoms with Crippen LogP contribution in [0.3, 0.4) is 0 Å². The summed E-state index contributed by atoms with van der Waals surface area (Å²) >= 11 is 0. The summed E-state index contributed by atoms with van der Waals surface area (Å²) in [4.78, 5) is 49.5. The molecule has 0 aliphatic rings. The molecule has 0 aliphatic heterocycles. The molecule has 406 valence electrons. The van der Waals surface area contributed by atoms with E-state index in [0.717, 1.165) is 110 Å². The van der Waals surface area contributed by atoms with Gasteiger partial charge in [0.2, 0.25) is 0 Å². The van der Waals surface area contributed by atoms with Gasteiger partial charge < -0.3 is 91.8 Å². The number of aryl methyl sites for hydroxylation is 4. The zero-order valence-corrected chi connectivity index (χ0v) is 44.2. The molecule has 0 spiro atoms. The molecule has 2 radical (unpaired) electrons. The first kappa shape index (κ1) is 85.3. The van der Waals surface area contributed by atoms with E-state index in [-0.39, 0.29) is 93.8 Å². The molecule has 0 amide bonds. The Bertz CT molecular complexity index is 2180. The maximum atomic E-state index is 12.0. The summed E-state index contributed by atoms with van der Waals surface area (Å²) in [5.74, 6) is -2.07. The molecule has 0 bridgehead atoms. The van der Waals surface area contributed by atoms with Crippen molar-refractivity contribution < 1.29 is 132 Å². The van der Waals surface area contributed by atoms with Gasteiger partial charge in [-0.15, -0.1) is 11.5 Å². The van der Waals surface area contributed by atoms with Crippen molar-refractivity contribution in [1.29, 1.82) is 0 Å². The molecule has 0 saturated carbocycles. The van der Waals surface area contributed by atoms with Gasteiger partial charge in [0.1, 0.15) is 11.6 Å². The monoisotopic (exact) mass is 1140 g/mol. The minimum absolute atomic E-state index is 0. The van der Waals surface area contributed by atoms with E-state index >= 15 is 0 Å². The van der Waals surface area contributed by atoms with Gasteiger partial charge in [0.15, 0.2) is 0 Å². The Morgan fingerprint density at radius 3 is 1.00 bits per heavy atom. The number of carboxylic acid groups (broad SMARTS) is 4. The molecule has 71 heavy (non-hydrogen) atoms. The van der Waals surface area contributed by atoms with E-state index in [1.165, 1.54) is 0 Å². The van der Waals surface area contributed by atoms with Crippen LogP contribution < -0.4 is 30.6 Å². The fourth-order valence-electron chi connectivity index (χ4n) is 5.78. The average Bonchev–Trinajstić information content (AvgIpc) is 3.67. The summed E-state index contributed by atoms with van der Waals surface area (Å²) in [6, 6.07) is 27.3.